The van der Waals surface area contributed by atoms with Gasteiger partial charge in [-0.1, -0.05) is 18.2 Å². The summed E-state index contributed by atoms with van der Waals surface area (Å²) in [6.07, 6.45) is 7.77. The van der Waals surface area contributed by atoms with Gasteiger partial charge in [0.2, 0.25) is 0 Å². The molecule has 1 aromatic heterocycles. The number of imidazole rings is 1. The first-order valence-electron chi connectivity index (χ1n) is 7.98. The number of aromatic nitrogens is 2. The number of anilines is 1. The number of aliphatic imine (C=N–C) groups is 1. The predicted octanol–water partition coefficient (Wildman–Crippen LogP) is 2.30. The molecule has 0 saturated carbocycles. The lowest BCUT2D eigenvalue weighted by molar-refractivity contribution is 0.648. The van der Waals surface area contributed by atoms with E-state index in [1.165, 1.54) is 11.3 Å². The maximum absolute atomic E-state index is 4.79. The first-order valence-corrected chi connectivity index (χ1v) is 7.98. The number of benzene rings is 1. The molecule has 5 heteroatoms. The van der Waals surface area contributed by atoms with E-state index in [2.05, 4.69) is 51.0 Å². The van der Waals surface area contributed by atoms with Gasteiger partial charge in [-0.15, -0.1) is 0 Å². The monoisotopic (exact) mass is 297 g/mol. The fourth-order valence-corrected chi connectivity index (χ4v) is 2.81. The van der Waals surface area contributed by atoms with Crippen molar-refractivity contribution in [3.63, 3.8) is 0 Å². The Balaban J connectivity index is 1.63. The van der Waals surface area contributed by atoms with Crippen molar-refractivity contribution in [2.45, 2.75) is 26.3 Å². The SMILES string of the molecule is CCNC(=NCCCn1ccnc1)N1CCc2ccccc21. The summed E-state index contributed by atoms with van der Waals surface area (Å²) in [5, 5.41) is 3.42. The zero-order valence-electron chi connectivity index (χ0n) is 13.1. The minimum absolute atomic E-state index is 0.819. The van der Waals surface area contributed by atoms with Crippen LogP contribution in [0.4, 0.5) is 5.69 Å². The second kappa shape index (κ2) is 7.11. The van der Waals surface area contributed by atoms with Gasteiger partial charge >= 0.3 is 0 Å². The Hall–Kier alpha value is -2.30. The van der Waals surface area contributed by atoms with Crippen molar-refractivity contribution in [3.05, 3.63) is 48.5 Å². The topological polar surface area (TPSA) is 45.5 Å². The molecule has 0 atom stereocenters. The van der Waals surface area contributed by atoms with Crippen molar-refractivity contribution in [3.8, 4) is 0 Å². The standard InChI is InChI=1S/C17H23N5/c1-2-19-17(20-9-5-11-21-13-10-18-14-21)22-12-8-15-6-3-4-7-16(15)22/h3-4,6-7,10,13-14H,2,5,8-9,11-12H2,1H3,(H,19,20). The first kappa shape index (κ1) is 14.6. The molecular formula is C17H23N5. The molecule has 0 saturated heterocycles. The Bertz CT molecular complexity index is 618. The van der Waals surface area contributed by atoms with Crippen LogP contribution in [0, 0.1) is 0 Å². The van der Waals surface area contributed by atoms with Gasteiger partial charge in [-0.3, -0.25) is 4.99 Å². The van der Waals surface area contributed by atoms with E-state index in [4.69, 9.17) is 4.99 Å². The largest absolute Gasteiger partial charge is 0.356 e. The number of aryl methyl sites for hydroxylation is 1. The number of fused-ring (bicyclic) bond motifs is 1. The van der Waals surface area contributed by atoms with Crippen molar-refractivity contribution in [1.82, 2.24) is 14.9 Å². The van der Waals surface area contributed by atoms with E-state index < -0.39 is 0 Å². The summed E-state index contributed by atoms with van der Waals surface area (Å²) < 4.78 is 2.09. The maximum atomic E-state index is 4.79. The molecule has 5 nitrogen and oxygen atoms in total. The Morgan fingerprint density at radius 3 is 3.09 bits per heavy atom. The van der Waals surface area contributed by atoms with Crippen LogP contribution in [0.1, 0.15) is 18.9 Å². The van der Waals surface area contributed by atoms with E-state index in [1.54, 1.807) is 0 Å². The molecule has 1 aliphatic heterocycles. The molecule has 0 spiro atoms. The van der Waals surface area contributed by atoms with Crippen LogP contribution in [-0.4, -0.2) is 35.1 Å². The summed E-state index contributed by atoms with van der Waals surface area (Å²) >= 11 is 0. The third-order valence-electron chi connectivity index (χ3n) is 3.87. The van der Waals surface area contributed by atoms with E-state index in [1.807, 2.05) is 18.7 Å². The number of rotatable bonds is 5. The van der Waals surface area contributed by atoms with Gasteiger partial charge in [0.15, 0.2) is 5.96 Å². The Kier molecular flexibility index (Phi) is 4.73. The van der Waals surface area contributed by atoms with E-state index in [9.17, 15) is 0 Å². The van der Waals surface area contributed by atoms with Crippen LogP contribution in [-0.2, 0) is 13.0 Å². The summed E-state index contributed by atoms with van der Waals surface area (Å²) in [6.45, 7) is 5.79. The van der Waals surface area contributed by atoms with Gasteiger partial charge in [-0.2, -0.15) is 0 Å². The minimum Gasteiger partial charge on any atom is -0.356 e. The molecule has 1 N–H and O–H groups in total. The van der Waals surface area contributed by atoms with Crippen molar-refractivity contribution in [2.75, 3.05) is 24.5 Å². The molecule has 1 aromatic carbocycles. The number of hydrogen-bond donors (Lipinski definition) is 1. The molecule has 0 radical (unpaired) electrons. The van der Waals surface area contributed by atoms with Crippen molar-refractivity contribution >= 4 is 11.6 Å². The van der Waals surface area contributed by atoms with Gasteiger partial charge in [0.1, 0.15) is 0 Å². The van der Waals surface area contributed by atoms with Gasteiger partial charge in [-0.25, -0.2) is 4.98 Å². The molecular weight excluding hydrogens is 274 g/mol. The normalized spacial score (nSPS) is 14.2. The maximum Gasteiger partial charge on any atom is 0.198 e. The highest BCUT2D eigenvalue weighted by atomic mass is 15.3. The van der Waals surface area contributed by atoms with Crippen LogP contribution in [0.15, 0.2) is 48.0 Å². The van der Waals surface area contributed by atoms with E-state index in [-0.39, 0.29) is 0 Å². The van der Waals surface area contributed by atoms with Gasteiger partial charge in [-0.05, 0) is 31.4 Å². The molecule has 2 aromatic rings. The number of para-hydroxylation sites is 1. The van der Waals surface area contributed by atoms with Gasteiger partial charge in [0, 0.05) is 44.3 Å². The van der Waals surface area contributed by atoms with E-state index in [0.717, 1.165) is 45.0 Å². The minimum atomic E-state index is 0.819. The van der Waals surface area contributed by atoms with Crippen LogP contribution < -0.4 is 10.2 Å². The lowest BCUT2D eigenvalue weighted by Crippen LogP contribution is -2.40. The number of nitrogens with zero attached hydrogens (tertiary/aromatic N) is 4. The summed E-state index contributed by atoms with van der Waals surface area (Å²) in [6, 6.07) is 8.59. The molecule has 0 aliphatic carbocycles. The van der Waals surface area contributed by atoms with Gasteiger partial charge < -0.3 is 14.8 Å². The molecule has 0 fully saturated rings. The average Bonchev–Trinajstić information content (AvgIpc) is 3.20. The summed E-state index contributed by atoms with van der Waals surface area (Å²) in [4.78, 5) is 11.2. The highest BCUT2D eigenvalue weighted by Crippen LogP contribution is 2.27. The number of guanidine groups is 1. The molecule has 2 heterocycles. The Morgan fingerprint density at radius 1 is 1.36 bits per heavy atom. The highest BCUT2D eigenvalue weighted by molar-refractivity contribution is 5.97. The zero-order valence-corrected chi connectivity index (χ0v) is 13.1. The molecule has 0 amide bonds. The predicted molar refractivity (Wildman–Crippen MR) is 90.3 cm³/mol. The fourth-order valence-electron chi connectivity index (χ4n) is 2.81. The summed E-state index contributed by atoms with van der Waals surface area (Å²) in [7, 11) is 0. The third kappa shape index (κ3) is 3.30. The van der Waals surface area contributed by atoms with Crippen LogP contribution >= 0.6 is 0 Å². The molecule has 3 rings (SSSR count). The third-order valence-corrected chi connectivity index (χ3v) is 3.87. The zero-order chi connectivity index (χ0) is 15.2. The number of hydrogen-bond acceptors (Lipinski definition) is 2. The van der Waals surface area contributed by atoms with Crippen LogP contribution in [0.2, 0.25) is 0 Å². The molecule has 22 heavy (non-hydrogen) atoms. The Labute approximate surface area is 131 Å². The molecule has 0 unspecified atom stereocenters. The van der Waals surface area contributed by atoms with E-state index >= 15 is 0 Å². The van der Waals surface area contributed by atoms with Crippen LogP contribution in [0.25, 0.3) is 0 Å². The van der Waals surface area contributed by atoms with Crippen LogP contribution in [0.5, 0.6) is 0 Å². The number of nitrogens with one attached hydrogen (secondary N) is 1. The van der Waals surface area contributed by atoms with E-state index in [0.29, 0.717) is 0 Å². The van der Waals surface area contributed by atoms with Crippen LogP contribution in [0.3, 0.4) is 0 Å². The molecule has 0 bridgehead atoms. The highest BCUT2D eigenvalue weighted by Gasteiger charge is 2.22. The first-order chi connectivity index (χ1) is 10.9. The molecule has 1 aliphatic rings. The summed E-state index contributed by atoms with van der Waals surface area (Å²) in [5.74, 6) is 0.998. The smallest absolute Gasteiger partial charge is 0.198 e. The second-order valence-electron chi connectivity index (χ2n) is 5.42. The lowest BCUT2D eigenvalue weighted by Gasteiger charge is -2.22. The van der Waals surface area contributed by atoms with Gasteiger partial charge in [0.25, 0.3) is 0 Å². The van der Waals surface area contributed by atoms with Crippen molar-refractivity contribution in [2.24, 2.45) is 4.99 Å². The summed E-state index contributed by atoms with van der Waals surface area (Å²) in [5.41, 5.74) is 2.70. The van der Waals surface area contributed by atoms with Crippen molar-refractivity contribution in [1.29, 1.82) is 0 Å². The second-order valence-corrected chi connectivity index (χ2v) is 5.42. The molecule has 116 valence electrons. The fraction of sp³-hybridized carbons (Fsp3) is 0.412. The lowest BCUT2D eigenvalue weighted by atomic mass is 10.2. The Morgan fingerprint density at radius 2 is 2.27 bits per heavy atom. The van der Waals surface area contributed by atoms with Gasteiger partial charge in [0.05, 0.1) is 6.33 Å². The average molecular weight is 297 g/mol. The quantitative estimate of drug-likeness (QED) is 0.523. The van der Waals surface area contributed by atoms with Crippen molar-refractivity contribution < 1.29 is 0 Å².